The number of aryl methyl sites for hydroxylation is 1. The van der Waals surface area contributed by atoms with Crippen molar-refractivity contribution in [1.29, 1.82) is 0 Å². The van der Waals surface area contributed by atoms with Crippen molar-refractivity contribution in [2.24, 2.45) is 5.92 Å². The quantitative estimate of drug-likeness (QED) is 0.500. The van der Waals surface area contributed by atoms with E-state index in [1.807, 2.05) is 31.2 Å². The number of tetrazole rings is 1. The number of benzene rings is 2. The largest absolute Gasteiger partial charge is 0.426 e. The molecule has 2 aromatic carbocycles. The van der Waals surface area contributed by atoms with Crippen LogP contribution in [0.15, 0.2) is 54.9 Å². The monoisotopic (exact) mass is 377 g/mol. The molecule has 1 atom stereocenters. The van der Waals surface area contributed by atoms with Gasteiger partial charge in [-0.05, 0) is 52.7 Å². The van der Waals surface area contributed by atoms with E-state index in [1.165, 1.54) is 11.0 Å². The molecule has 3 aromatic rings. The van der Waals surface area contributed by atoms with Crippen LogP contribution in [0.3, 0.4) is 0 Å². The Labute approximate surface area is 161 Å². The Hall–Kier alpha value is -3.55. The summed E-state index contributed by atoms with van der Waals surface area (Å²) in [5.74, 6) is -0.532. The zero-order valence-corrected chi connectivity index (χ0v) is 15.4. The molecule has 4 rings (SSSR count). The van der Waals surface area contributed by atoms with Crippen molar-refractivity contribution < 1.29 is 14.3 Å². The summed E-state index contributed by atoms with van der Waals surface area (Å²) in [5, 5.41) is 11.0. The summed E-state index contributed by atoms with van der Waals surface area (Å²) in [6.45, 7) is 2.38. The van der Waals surface area contributed by atoms with Crippen molar-refractivity contribution in [3.05, 3.63) is 60.4 Å². The smallest absolute Gasteiger partial charge is 0.316 e. The lowest BCUT2D eigenvalue weighted by Gasteiger charge is -2.19. The Morgan fingerprint density at radius 3 is 2.68 bits per heavy atom. The van der Waals surface area contributed by atoms with Crippen molar-refractivity contribution in [2.75, 3.05) is 11.4 Å². The fourth-order valence-corrected chi connectivity index (χ4v) is 3.32. The second-order valence-corrected chi connectivity index (χ2v) is 6.56. The summed E-state index contributed by atoms with van der Waals surface area (Å²) >= 11 is 0. The van der Waals surface area contributed by atoms with Crippen LogP contribution in [0.1, 0.15) is 18.9 Å². The maximum absolute atomic E-state index is 12.6. The van der Waals surface area contributed by atoms with E-state index in [0.29, 0.717) is 12.3 Å². The third-order valence-electron chi connectivity index (χ3n) is 4.79. The van der Waals surface area contributed by atoms with Gasteiger partial charge in [0, 0.05) is 18.7 Å². The SMILES string of the molecule is CCc1ccccc1N1CC(C(=O)Oc2ccc(-n3cnnn3)cc2)CC1=O. The van der Waals surface area contributed by atoms with Crippen LogP contribution in [0.4, 0.5) is 5.69 Å². The maximum atomic E-state index is 12.6. The molecular formula is C20H19N5O3. The molecule has 0 bridgehead atoms. The van der Waals surface area contributed by atoms with Gasteiger partial charge in [-0.15, -0.1) is 5.10 Å². The zero-order chi connectivity index (χ0) is 19.5. The first-order valence-corrected chi connectivity index (χ1v) is 9.09. The molecule has 0 N–H and O–H groups in total. The lowest BCUT2D eigenvalue weighted by molar-refractivity contribution is -0.139. The second kappa shape index (κ2) is 7.59. The molecule has 0 aliphatic carbocycles. The molecule has 1 aromatic heterocycles. The van der Waals surface area contributed by atoms with Gasteiger partial charge in [-0.2, -0.15) is 0 Å². The molecule has 28 heavy (non-hydrogen) atoms. The Kier molecular flexibility index (Phi) is 4.84. The van der Waals surface area contributed by atoms with E-state index in [0.717, 1.165) is 23.4 Å². The number of carbonyl (C=O) groups excluding carboxylic acids is 2. The number of anilines is 1. The van der Waals surface area contributed by atoms with Crippen LogP contribution in [-0.4, -0.2) is 38.6 Å². The molecule has 1 aliphatic heterocycles. The highest BCUT2D eigenvalue weighted by Gasteiger charge is 2.37. The van der Waals surface area contributed by atoms with Gasteiger partial charge < -0.3 is 9.64 Å². The fraction of sp³-hybridized carbons (Fsp3) is 0.250. The number of ether oxygens (including phenoxy) is 1. The number of amides is 1. The number of nitrogens with zero attached hydrogens (tertiary/aromatic N) is 5. The van der Waals surface area contributed by atoms with Gasteiger partial charge in [-0.1, -0.05) is 25.1 Å². The molecular weight excluding hydrogens is 358 g/mol. The number of hydrogen-bond donors (Lipinski definition) is 0. The minimum Gasteiger partial charge on any atom is -0.426 e. The fourth-order valence-electron chi connectivity index (χ4n) is 3.32. The van der Waals surface area contributed by atoms with Crippen LogP contribution in [0.2, 0.25) is 0 Å². The van der Waals surface area contributed by atoms with E-state index >= 15 is 0 Å². The highest BCUT2D eigenvalue weighted by Crippen LogP contribution is 2.29. The molecule has 1 saturated heterocycles. The molecule has 1 amide bonds. The topological polar surface area (TPSA) is 90.2 Å². The predicted octanol–water partition coefficient (Wildman–Crippen LogP) is 2.18. The average Bonchev–Trinajstić information content (AvgIpc) is 3.38. The molecule has 2 heterocycles. The van der Waals surface area contributed by atoms with Crippen molar-refractivity contribution in [1.82, 2.24) is 20.2 Å². The number of esters is 1. The molecule has 1 fully saturated rings. The average molecular weight is 377 g/mol. The lowest BCUT2D eigenvalue weighted by atomic mass is 10.1. The second-order valence-electron chi connectivity index (χ2n) is 6.56. The highest BCUT2D eigenvalue weighted by atomic mass is 16.5. The standard InChI is InChI=1S/C20H19N5O3/c1-2-14-5-3-4-6-18(14)24-12-15(11-19(24)26)20(27)28-17-9-7-16(8-10-17)25-13-21-22-23-25/h3-10,13,15H,2,11-12H2,1H3. The first-order valence-electron chi connectivity index (χ1n) is 9.09. The van der Waals surface area contributed by atoms with Crippen molar-refractivity contribution in [3.8, 4) is 11.4 Å². The van der Waals surface area contributed by atoms with Crippen LogP contribution in [0.25, 0.3) is 5.69 Å². The van der Waals surface area contributed by atoms with Crippen LogP contribution < -0.4 is 9.64 Å². The number of aromatic nitrogens is 4. The number of rotatable bonds is 5. The third kappa shape index (κ3) is 3.48. The van der Waals surface area contributed by atoms with Crippen LogP contribution in [0.5, 0.6) is 5.75 Å². The van der Waals surface area contributed by atoms with Gasteiger partial charge in [0.15, 0.2) is 0 Å². The predicted molar refractivity (Wildman–Crippen MR) is 101 cm³/mol. The molecule has 142 valence electrons. The minimum absolute atomic E-state index is 0.0584. The molecule has 0 saturated carbocycles. The Morgan fingerprint density at radius 1 is 1.18 bits per heavy atom. The molecule has 1 unspecified atom stereocenters. The lowest BCUT2D eigenvalue weighted by Crippen LogP contribution is -2.28. The Bertz CT molecular complexity index is 985. The molecule has 1 aliphatic rings. The van der Waals surface area contributed by atoms with Gasteiger partial charge in [0.25, 0.3) is 0 Å². The summed E-state index contributed by atoms with van der Waals surface area (Å²) < 4.78 is 6.99. The van der Waals surface area contributed by atoms with Gasteiger partial charge in [0.05, 0.1) is 11.6 Å². The zero-order valence-electron chi connectivity index (χ0n) is 15.4. The molecule has 8 heteroatoms. The highest BCUT2D eigenvalue weighted by molar-refractivity contribution is 6.00. The molecule has 0 spiro atoms. The number of carbonyl (C=O) groups is 2. The normalized spacial score (nSPS) is 16.4. The third-order valence-corrected chi connectivity index (χ3v) is 4.79. The van der Waals surface area contributed by atoms with Gasteiger partial charge in [0.2, 0.25) is 5.91 Å². The van der Waals surface area contributed by atoms with E-state index < -0.39 is 11.9 Å². The maximum Gasteiger partial charge on any atom is 0.316 e. The number of para-hydroxylation sites is 1. The van der Waals surface area contributed by atoms with E-state index in [4.69, 9.17) is 4.74 Å². The van der Waals surface area contributed by atoms with Crippen LogP contribution in [-0.2, 0) is 16.0 Å². The summed E-state index contributed by atoms with van der Waals surface area (Å²) in [4.78, 5) is 26.7. The first kappa shape index (κ1) is 17.8. The van der Waals surface area contributed by atoms with Gasteiger partial charge in [-0.25, -0.2) is 4.68 Å². The molecule has 8 nitrogen and oxygen atoms in total. The van der Waals surface area contributed by atoms with Crippen LogP contribution in [0, 0.1) is 5.92 Å². The Morgan fingerprint density at radius 2 is 1.96 bits per heavy atom. The van der Waals surface area contributed by atoms with Crippen molar-refractivity contribution in [2.45, 2.75) is 19.8 Å². The summed E-state index contributed by atoms with van der Waals surface area (Å²) in [6.07, 6.45) is 2.45. The summed E-state index contributed by atoms with van der Waals surface area (Å²) in [6, 6.07) is 14.6. The van der Waals surface area contributed by atoms with Gasteiger partial charge in [-0.3, -0.25) is 9.59 Å². The van der Waals surface area contributed by atoms with Gasteiger partial charge in [0.1, 0.15) is 12.1 Å². The van der Waals surface area contributed by atoms with Crippen molar-refractivity contribution in [3.63, 3.8) is 0 Å². The first-order chi connectivity index (χ1) is 13.7. The number of hydrogen-bond acceptors (Lipinski definition) is 6. The summed E-state index contributed by atoms with van der Waals surface area (Å²) in [5.41, 5.74) is 2.71. The Balaban J connectivity index is 1.44. The van der Waals surface area contributed by atoms with E-state index in [-0.39, 0.29) is 12.3 Å². The van der Waals surface area contributed by atoms with E-state index in [2.05, 4.69) is 15.5 Å². The van der Waals surface area contributed by atoms with Crippen molar-refractivity contribution >= 4 is 17.6 Å². The van der Waals surface area contributed by atoms with Gasteiger partial charge >= 0.3 is 5.97 Å². The molecule has 0 radical (unpaired) electrons. The van der Waals surface area contributed by atoms with Crippen LogP contribution >= 0.6 is 0 Å². The van der Waals surface area contributed by atoms with E-state index in [9.17, 15) is 9.59 Å². The minimum atomic E-state index is -0.489. The summed E-state index contributed by atoms with van der Waals surface area (Å²) in [7, 11) is 0. The van der Waals surface area contributed by atoms with E-state index in [1.54, 1.807) is 29.2 Å².